The molecular weight excluding hydrogens is 304 g/mol. The van der Waals surface area contributed by atoms with Crippen molar-refractivity contribution in [3.8, 4) is 0 Å². The summed E-state index contributed by atoms with van der Waals surface area (Å²) in [5.41, 5.74) is 9.13. The highest BCUT2D eigenvalue weighted by atomic mass is 35.5. The first-order valence-corrected chi connectivity index (χ1v) is 8.17. The Hall–Kier alpha value is -1.52. The van der Waals surface area contributed by atoms with Crippen LogP contribution in [0.15, 0.2) is 24.3 Å². The third-order valence-electron chi connectivity index (χ3n) is 3.66. The minimum absolute atomic E-state index is 0.0407. The minimum atomic E-state index is 0.0407. The number of carbonyl (C=O) groups excluding carboxylic acids is 1. The molecule has 110 valence electrons. The standard InChI is InChI=1S/C16H17ClN2OS/c1-9(20)15-14(18)13(11-4-5-11)16(21-15)19-8-10-2-6-12(17)7-3-10/h2-3,6-7,11,19H,4-5,8,18H2,1H3. The molecule has 2 aromatic rings. The molecule has 3 rings (SSSR count). The Labute approximate surface area is 133 Å². The Morgan fingerprint density at radius 3 is 2.62 bits per heavy atom. The van der Waals surface area contributed by atoms with Crippen LogP contribution in [0.25, 0.3) is 0 Å². The number of benzene rings is 1. The van der Waals surface area contributed by atoms with Crippen molar-refractivity contribution in [1.82, 2.24) is 0 Å². The molecule has 1 aromatic heterocycles. The molecule has 0 spiro atoms. The molecule has 0 bridgehead atoms. The van der Waals surface area contributed by atoms with Crippen molar-refractivity contribution in [2.24, 2.45) is 0 Å². The van der Waals surface area contributed by atoms with Crippen LogP contribution in [0.3, 0.4) is 0 Å². The van der Waals surface area contributed by atoms with E-state index >= 15 is 0 Å². The number of Topliss-reactive ketones (excluding diaryl/α,β-unsaturated/α-hetero) is 1. The minimum Gasteiger partial charge on any atom is -0.397 e. The van der Waals surface area contributed by atoms with Crippen molar-refractivity contribution in [3.05, 3.63) is 45.3 Å². The number of nitrogens with one attached hydrogen (secondary N) is 1. The maximum Gasteiger partial charge on any atom is 0.171 e. The van der Waals surface area contributed by atoms with Gasteiger partial charge in [0.05, 0.1) is 15.6 Å². The summed E-state index contributed by atoms with van der Waals surface area (Å²) >= 11 is 7.36. The number of ketones is 1. The second-order valence-electron chi connectivity index (χ2n) is 5.40. The Balaban J connectivity index is 1.82. The molecule has 0 amide bonds. The molecule has 0 saturated heterocycles. The van der Waals surface area contributed by atoms with Crippen molar-refractivity contribution in [3.63, 3.8) is 0 Å². The van der Waals surface area contributed by atoms with E-state index in [4.69, 9.17) is 17.3 Å². The van der Waals surface area contributed by atoms with E-state index in [1.54, 1.807) is 6.92 Å². The zero-order valence-corrected chi connectivity index (χ0v) is 13.4. The molecule has 1 heterocycles. The van der Waals surface area contributed by atoms with Gasteiger partial charge in [-0.15, -0.1) is 11.3 Å². The monoisotopic (exact) mass is 320 g/mol. The maximum absolute atomic E-state index is 11.7. The number of hydrogen-bond acceptors (Lipinski definition) is 4. The lowest BCUT2D eigenvalue weighted by Gasteiger charge is -2.07. The predicted molar refractivity (Wildman–Crippen MR) is 89.5 cm³/mol. The number of rotatable bonds is 5. The van der Waals surface area contributed by atoms with Gasteiger partial charge >= 0.3 is 0 Å². The van der Waals surface area contributed by atoms with Crippen LogP contribution in [0.4, 0.5) is 10.7 Å². The molecule has 3 N–H and O–H groups in total. The number of carbonyl (C=O) groups is 1. The molecule has 0 atom stereocenters. The Kier molecular flexibility index (Phi) is 3.91. The van der Waals surface area contributed by atoms with Gasteiger partial charge in [-0.2, -0.15) is 0 Å². The van der Waals surface area contributed by atoms with Gasteiger partial charge in [-0.3, -0.25) is 4.79 Å². The van der Waals surface area contributed by atoms with Crippen LogP contribution in [-0.2, 0) is 6.54 Å². The van der Waals surface area contributed by atoms with E-state index in [1.165, 1.54) is 11.3 Å². The molecule has 1 aliphatic carbocycles. The summed E-state index contributed by atoms with van der Waals surface area (Å²) in [5, 5.41) is 5.20. The van der Waals surface area contributed by atoms with E-state index in [9.17, 15) is 4.79 Å². The van der Waals surface area contributed by atoms with Crippen molar-refractivity contribution in [2.75, 3.05) is 11.1 Å². The number of halogens is 1. The molecule has 1 fully saturated rings. The van der Waals surface area contributed by atoms with Crippen LogP contribution in [0.5, 0.6) is 0 Å². The van der Waals surface area contributed by atoms with Gasteiger partial charge in [0.15, 0.2) is 5.78 Å². The summed E-state index contributed by atoms with van der Waals surface area (Å²) in [7, 11) is 0. The van der Waals surface area contributed by atoms with Crippen molar-refractivity contribution in [2.45, 2.75) is 32.2 Å². The van der Waals surface area contributed by atoms with Crippen LogP contribution in [0.1, 0.15) is 46.5 Å². The van der Waals surface area contributed by atoms with Crippen LogP contribution in [0.2, 0.25) is 5.02 Å². The van der Waals surface area contributed by atoms with Gasteiger partial charge in [0, 0.05) is 24.1 Å². The summed E-state index contributed by atoms with van der Waals surface area (Å²) in [6.45, 7) is 2.27. The summed E-state index contributed by atoms with van der Waals surface area (Å²) in [6, 6.07) is 7.75. The summed E-state index contributed by atoms with van der Waals surface area (Å²) in [6.07, 6.45) is 2.32. The lowest BCUT2D eigenvalue weighted by Crippen LogP contribution is -2.01. The number of hydrogen-bond donors (Lipinski definition) is 2. The van der Waals surface area contributed by atoms with E-state index in [2.05, 4.69) is 5.32 Å². The highest BCUT2D eigenvalue weighted by Gasteiger charge is 2.32. The first-order valence-electron chi connectivity index (χ1n) is 6.97. The van der Waals surface area contributed by atoms with E-state index < -0.39 is 0 Å². The molecule has 1 aromatic carbocycles. The quantitative estimate of drug-likeness (QED) is 0.787. The van der Waals surface area contributed by atoms with Crippen molar-refractivity contribution >= 4 is 39.4 Å². The Morgan fingerprint density at radius 2 is 2.05 bits per heavy atom. The maximum atomic E-state index is 11.7. The molecular formula is C16H17ClN2OS. The lowest BCUT2D eigenvalue weighted by molar-refractivity contribution is 0.102. The van der Waals surface area contributed by atoms with Crippen molar-refractivity contribution in [1.29, 1.82) is 0 Å². The molecule has 1 aliphatic rings. The molecule has 0 radical (unpaired) electrons. The average Bonchev–Trinajstić information content (AvgIpc) is 3.22. The highest BCUT2D eigenvalue weighted by Crippen LogP contribution is 2.50. The van der Waals surface area contributed by atoms with Gasteiger partial charge < -0.3 is 11.1 Å². The topological polar surface area (TPSA) is 55.1 Å². The van der Waals surface area contributed by atoms with Gasteiger partial charge in [-0.1, -0.05) is 23.7 Å². The smallest absolute Gasteiger partial charge is 0.171 e. The first kappa shape index (κ1) is 14.4. The zero-order chi connectivity index (χ0) is 15.0. The van der Waals surface area contributed by atoms with Gasteiger partial charge in [0.2, 0.25) is 0 Å². The van der Waals surface area contributed by atoms with E-state index in [0.29, 0.717) is 23.0 Å². The lowest BCUT2D eigenvalue weighted by atomic mass is 10.1. The average molecular weight is 321 g/mol. The first-order chi connectivity index (χ1) is 10.1. The number of anilines is 2. The zero-order valence-electron chi connectivity index (χ0n) is 11.8. The summed E-state index contributed by atoms with van der Waals surface area (Å²) in [4.78, 5) is 12.4. The molecule has 0 unspecified atom stereocenters. The van der Waals surface area contributed by atoms with Crippen LogP contribution in [-0.4, -0.2) is 5.78 Å². The SMILES string of the molecule is CC(=O)c1sc(NCc2ccc(Cl)cc2)c(C2CC2)c1N. The Morgan fingerprint density at radius 1 is 1.38 bits per heavy atom. The molecule has 1 saturated carbocycles. The summed E-state index contributed by atoms with van der Waals surface area (Å²) < 4.78 is 0. The fraction of sp³-hybridized carbons (Fsp3) is 0.312. The number of nitrogens with two attached hydrogens (primary N) is 1. The van der Waals surface area contributed by atoms with E-state index in [1.807, 2.05) is 24.3 Å². The third kappa shape index (κ3) is 3.06. The van der Waals surface area contributed by atoms with Gasteiger partial charge in [0.25, 0.3) is 0 Å². The van der Waals surface area contributed by atoms with Gasteiger partial charge in [0.1, 0.15) is 0 Å². The fourth-order valence-corrected chi connectivity index (χ4v) is 3.64. The van der Waals surface area contributed by atoms with Crippen LogP contribution in [0, 0.1) is 0 Å². The largest absolute Gasteiger partial charge is 0.397 e. The highest BCUT2D eigenvalue weighted by molar-refractivity contribution is 7.18. The van der Waals surface area contributed by atoms with Crippen LogP contribution < -0.4 is 11.1 Å². The number of nitrogen functional groups attached to an aromatic ring is 1. The van der Waals surface area contributed by atoms with Crippen LogP contribution >= 0.6 is 22.9 Å². The molecule has 5 heteroatoms. The van der Waals surface area contributed by atoms with Crippen molar-refractivity contribution < 1.29 is 4.79 Å². The second-order valence-corrected chi connectivity index (χ2v) is 6.86. The number of thiophene rings is 1. The Bertz CT molecular complexity index is 674. The molecule has 21 heavy (non-hydrogen) atoms. The fourth-order valence-electron chi connectivity index (χ4n) is 2.41. The molecule has 3 nitrogen and oxygen atoms in total. The second kappa shape index (κ2) is 5.70. The summed E-state index contributed by atoms with van der Waals surface area (Å²) in [5.74, 6) is 0.556. The van der Waals surface area contributed by atoms with Gasteiger partial charge in [-0.25, -0.2) is 0 Å². The van der Waals surface area contributed by atoms with E-state index in [0.717, 1.165) is 34.0 Å². The normalized spacial score (nSPS) is 14.2. The van der Waals surface area contributed by atoms with E-state index in [-0.39, 0.29) is 5.78 Å². The molecule has 0 aliphatic heterocycles. The third-order valence-corrected chi connectivity index (χ3v) is 5.19. The van der Waals surface area contributed by atoms with Gasteiger partial charge in [-0.05, 0) is 36.5 Å². The predicted octanol–water partition coefficient (Wildman–Crippen LogP) is 4.68.